The predicted octanol–water partition coefficient (Wildman–Crippen LogP) is 4.83. The van der Waals surface area contributed by atoms with Crippen LogP contribution in [0.5, 0.6) is 0 Å². The molecule has 0 heterocycles. The molecular weight excluding hydrogens is 295 g/mol. The first-order chi connectivity index (χ1) is 9.56. The topological polar surface area (TPSA) is 54.4 Å². The first kappa shape index (κ1) is 23.9. The van der Waals surface area contributed by atoms with Gasteiger partial charge in [0.1, 0.15) is 0 Å². The maximum atomic E-state index is 10.4. The zero-order valence-electron chi connectivity index (χ0n) is 13.0. The summed E-state index contributed by atoms with van der Waals surface area (Å²) in [4.78, 5) is 0. The molecule has 0 spiro atoms. The Bertz CT molecular complexity index is 326. The second-order valence-electron chi connectivity index (χ2n) is 5.56. The summed E-state index contributed by atoms with van der Waals surface area (Å²) in [5.41, 5.74) is 0. The van der Waals surface area contributed by atoms with Crippen LogP contribution in [0.3, 0.4) is 0 Å². The van der Waals surface area contributed by atoms with Gasteiger partial charge >= 0.3 is 29.6 Å². The van der Waals surface area contributed by atoms with Gasteiger partial charge in [-0.05, 0) is 12.8 Å². The Morgan fingerprint density at radius 2 is 1.14 bits per heavy atom. The minimum absolute atomic E-state index is 0. The molecule has 5 heteroatoms. The Kier molecular flexibility index (Phi) is 19.4. The van der Waals surface area contributed by atoms with E-state index in [1.807, 2.05) is 0 Å². The quantitative estimate of drug-likeness (QED) is 0.282. The van der Waals surface area contributed by atoms with E-state index in [4.69, 9.17) is 4.55 Å². The summed E-state index contributed by atoms with van der Waals surface area (Å²) in [5, 5.41) is 0.880. The van der Waals surface area contributed by atoms with E-state index in [1.165, 1.54) is 70.3 Å². The van der Waals surface area contributed by atoms with Crippen LogP contribution < -0.4 is 0 Å². The van der Waals surface area contributed by atoms with Gasteiger partial charge in [0.2, 0.25) is 0 Å². The molecule has 0 rings (SSSR count). The minimum atomic E-state index is -3.92. The number of hydrogen-bond donors (Lipinski definition) is 1. The van der Waals surface area contributed by atoms with Crippen LogP contribution in [0.25, 0.3) is 0 Å². The predicted molar refractivity (Wildman–Crippen MR) is 93.5 cm³/mol. The molecule has 0 fully saturated rings. The van der Waals surface area contributed by atoms with Crippen LogP contribution in [-0.2, 0) is 10.1 Å². The summed E-state index contributed by atoms with van der Waals surface area (Å²) < 4.78 is 29.3. The molecule has 0 aromatic carbocycles. The second-order valence-corrected chi connectivity index (χ2v) is 6.87. The molecule has 0 bridgehead atoms. The second kappa shape index (κ2) is 17.0. The molecule has 0 saturated carbocycles. The molecule has 0 unspecified atom stereocenters. The first-order valence-corrected chi connectivity index (χ1v) is 9.70. The van der Waals surface area contributed by atoms with Gasteiger partial charge in [-0.1, -0.05) is 83.6 Å². The molecule has 1 N–H and O–H groups in total. The Labute approximate surface area is 154 Å². The van der Waals surface area contributed by atoms with Gasteiger partial charge in [0, 0.05) is 0 Å². The van der Waals surface area contributed by atoms with Crippen molar-refractivity contribution in [2.75, 3.05) is 0 Å². The van der Waals surface area contributed by atoms with Crippen LogP contribution in [0.2, 0.25) is 0 Å². The van der Waals surface area contributed by atoms with Crippen LogP contribution in [0.15, 0.2) is 11.5 Å². The Hall–Kier alpha value is 0.650. The average Bonchev–Trinajstić information content (AvgIpc) is 2.38. The summed E-state index contributed by atoms with van der Waals surface area (Å²) in [6.07, 6.45) is 17.9. The molecule has 0 radical (unpaired) electrons. The monoisotopic (exact) mass is 328 g/mol. The molecular formula is C16H33NaO3S. The molecule has 0 aliphatic rings. The summed E-state index contributed by atoms with van der Waals surface area (Å²) in [6, 6.07) is 0. The van der Waals surface area contributed by atoms with Gasteiger partial charge < -0.3 is 0 Å². The number of rotatable bonds is 14. The molecule has 0 aromatic rings. The van der Waals surface area contributed by atoms with Gasteiger partial charge in [-0.15, -0.1) is 0 Å². The van der Waals surface area contributed by atoms with Crippen LogP contribution in [0.1, 0.15) is 90.4 Å². The van der Waals surface area contributed by atoms with Gasteiger partial charge in [0.05, 0.1) is 5.41 Å². The standard InChI is InChI=1S/C16H32O3S.Na.H/c1-2-3-4-5-6-7-8-9-10-11-12-13-14-15-16-20(17,18)19;;/h15-16H,2-14H2,1H3,(H,17,18,19);;. The molecule has 0 atom stereocenters. The van der Waals surface area contributed by atoms with Crippen molar-refractivity contribution in [2.45, 2.75) is 90.4 Å². The van der Waals surface area contributed by atoms with Crippen molar-refractivity contribution >= 4 is 39.7 Å². The van der Waals surface area contributed by atoms with E-state index in [0.717, 1.165) is 24.7 Å². The Morgan fingerprint density at radius 1 is 0.762 bits per heavy atom. The van der Waals surface area contributed by atoms with Gasteiger partial charge in [-0.25, -0.2) is 0 Å². The molecule has 21 heavy (non-hydrogen) atoms. The molecule has 122 valence electrons. The number of allylic oxidation sites excluding steroid dienone is 1. The third-order valence-corrected chi connectivity index (χ3v) is 4.03. The maximum absolute atomic E-state index is 10.4. The van der Waals surface area contributed by atoms with Crippen molar-refractivity contribution in [3.05, 3.63) is 11.5 Å². The molecule has 0 saturated heterocycles. The Morgan fingerprint density at radius 3 is 1.52 bits per heavy atom. The summed E-state index contributed by atoms with van der Waals surface area (Å²) >= 11 is 0. The normalized spacial score (nSPS) is 11.7. The van der Waals surface area contributed by atoms with Crippen molar-refractivity contribution in [1.29, 1.82) is 0 Å². The number of hydrogen-bond acceptors (Lipinski definition) is 2. The van der Waals surface area contributed by atoms with Crippen LogP contribution in [-0.4, -0.2) is 42.5 Å². The summed E-state index contributed by atoms with van der Waals surface area (Å²) in [5.74, 6) is 0. The Balaban J connectivity index is 0. The molecule has 3 nitrogen and oxygen atoms in total. The zero-order valence-corrected chi connectivity index (χ0v) is 13.8. The van der Waals surface area contributed by atoms with Crippen molar-refractivity contribution in [3.63, 3.8) is 0 Å². The SMILES string of the molecule is CCCCCCCCCCCCCCC=CS(=O)(=O)O.[NaH]. The van der Waals surface area contributed by atoms with Crippen molar-refractivity contribution in [3.8, 4) is 0 Å². The van der Waals surface area contributed by atoms with E-state index < -0.39 is 10.1 Å². The van der Waals surface area contributed by atoms with E-state index in [-0.39, 0.29) is 29.6 Å². The van der Waals surface area contributed by atoms with Crippen molar-refractivity contribution < 1.29 is 13.0 Å². The van der Waals surface area contributed by atoms with Gasteiger partial charge in [0.15, 0.2) is 0 Å². The van der Waals surface area contributed by atoms with Crippen LogP contribution in [0.4, 0.5) is 0 Å². The van der Waals surface area contributed by atoms with Crippen LogP contribution in [0, 0.1) is 0 Å². The molecule has 0 amide bonds. The van der Waals surface area contributed by atoms with Crippen LogP contribution >= 0.6 is 0 Å². The van der Waals surface area contributed by atoms with E-state index >= 15 is 0 Å². The molecule has 0 aliphatic carbocycles. The third kappa shape index (κ3) is 23.1. The van der Waals surface area contributed by atoms with Gasteiger partial charge in [-0.3, -0.25) is 4.55 Å². The first-order valence-electron chi connectivity index (χ1n) is 8.20. The van der Waals surface area contributed by atoms with E-state index in [1.54, 1.807) is 0 Å². The third-order valence-electron chi connectivity index (χ3n) is 3.49. The molecule has 0 aromatic heterocycles. The van der Waals surface area contributed by atoms with E-state index in [9.17, 15) is 8.42 Å². The number of unbranched alkanes of at least 4 members (excludes halogenated alkanes) is 12. The van der Waals surface area contributed by atoms with Gasteiger partial charge in [-0.2, -0.15) is 8.42 Å². The fraction of sp³-hybridized carbons (Fsp3) is 0.875. The zero-order chi connectivity index (χ0) is 15.1. The van der Waals surface area contributed by atoms with Crippen molar-refractivity contribution in [1.82, 2.24) is 0 Å². The fourth-order valence-corrected chi connectivity index (χ4v) is 2.67. The average molecular weight is 328 g/mol. The molecule has 0 aliphatic heterocycles. The van der Waals surface area contributed by atoms with Crippen molar-refractivity contribution in [2.24, 2.45) is 0 Å². The van der Waals surface area contributed by atoms with Gasteiger partial charge in [0.25, 0.3) is 10.1 Å². The van der Waals surface area contributed by atoms with E-state index in [0.29, 0.717) is 0 Å². The summed E-state index contributed by atoms with van der Waals surface area (Å²) in [7, 11) is -3.92. The summed E-state index contributed by atoms with van der Waals surface area (Å²) in [6.45, 7) is 2.25. The fourth-order valence-electron chi connectivity index (χ4n) is 2.29. The van der Waals surface area contributed by atoms with E-state index in [2.05, 4.69) is 6.92 Å².